The SMILES string of the molecule is Cc1ccc(C(=O)Nc2nc(C)c(-c3n[nH]c(=S)n3C)s2)cn1. The van der Waals surface area contributed by atoms with Crippen LogP contribution >= 0.6 is 23.6 Å². The molecule has 0 aromatic carbocycles. The van der Waals surface area contributed by atoms with Gasteiger partial charge >= 0.3 is 0 Å². The van der Waals surface area contributed by atoms with E-state index in [1.54, 1.807) is 22.9 Å². The first-order chi connectivity index (χ1) is 11.0. The standard InChI is InChI=1S/C14H14N6OS2/c1-7-4-5-9(6-15-7)12(21)17-13-16-8(2)10(23-13)11-18-19-14(22)20(11)3/h4-6H,1-3H3,(H,19,22)(H,16,17,21). The Hall–Kier alpha value is -2.39. The summed E-state index contributed by atoms with van der Waals surface area (Å²) in [5.74, 6) is 0.454. The molecule has 0 saturated carbocycles. The minimum Gasteiger partial charge on any atom is -0.303 e. The molecule has 23 heavy (non-hydrogen) atoms. The molecule has 3 heterocycles. The number of thiazole rings is 1. The van der Waals surface area contributed by atoms with E-state index in [4.69, 9.17) is 12.2 Å². The molecule has 3 aromatic heterocycles. The zero-order valence-corrected chi connectivity index (χ0v) is 14.4. The second-order valence-corrected chi connectivity index (χ2v) is 6.37. The van der Waals surface area contributed by atoms with Crippen LogP contribution in [0.1, 0.15) is 21.7 Å². The molecule has 0 radical (unpaired) electrons. The van der Waals surface area contributed by atoms with Crippen LogP contribution in [0.4, 0.5) is 5.13 Å². The van der Waals surface area contributed by atoms with Gasteiger partial charge in [0.15, 0.2) is 15.7 Å². The van der Waals surface area contributed by atoms with Crippen molar-refractivity contribution in [2.24, 2.45) is 7.05 Å². The van der Waals surface area contributed by atoms with Crippen molar-refractivity contribution >= 4 is 34.6 Å². The number of H-pyrrole nitrogens is 1. The molecule has 1 amide bonds. The molecule has 0 aliphatic rings. The zero-order chi connectivity index (χ0) is 16.6. The van der Waals surface area contributed by atoms with Gasteiger partial charge in [-0.3, -0.25) is 20.2 Å². The lowest BCUT2D eigenvalue weighted by molar-refractivity contribution is 0.102. The monoisotopic (exact) mass is 346 g/mol. The molecule has 3 aromatic rings. The number of hydrogen-bond donors (Lipinski definition) is 2. The first-order valence-corrected chi connectivity index (χ1v) is 8.01. The van der Waals surface area contributed by atoms with E-state index in [0.29, 0.717) is 21.3 Å². The van der Waals surface area contributed by atoms with Crippen molar-refractivity contribution in [1.82, 2.24) is 24.7 Å². The minimum absolute atomic E-state index is 0.242. The molecule has 0 unspecified atom stereocenters. The summed E-state index contributed by atoms with van der Waals surface area (Å²) in [6.45, 7) is 3.74. The number of anilines is 1. The van der Waals surface area contributed by atoms with Crippen molar-refractivity contribution in [3.63, 3.8) is 0 Å². The Morgan fingerprint density at radius 1 is 1.39 bits per heavy atom. The summed E-state index contributed by atoms with van der Waals surface area (Å²) in [4.78, 5) is 21.6. The fourth-order valence-corrected chi connectivity index (χ4v) is 3.10. The number of aromatic amines is 1. The Bertz CT molecular complexity index is 922. The molecule has 7 nitrogen and oxygen atoms in total. The summed E-state index contributed by atoms with van der Waals surface area (Å²) in [5, 5.41) is 10.2. The number of hydrogen-bond acceptors (Lipinski definition) is 6. The quantitative estimate of drug-likeness (QED) is 0.712. The van der Waals surface area contributed by atoms with Crippen LogP contribution in [0.3, 0.4) is 0 Å². The van der Waals surface area contributed by atoms with Crippen LogP contribution in [0, 0.1) is 18.6 Å². The molecular weight excluding hydrogens is 332 g/mol. The van der Waals surface area contributed by atoms with Gasteiger partial charge in [0.2, 0.25) is 0 Å². The van der Waals surface area contributed by atoms with Crippen molar-refractivity contribution in [2.75, 3.05) is 5.32 Å². The number of rotatable bonds is 3. The van der Waals surface area contributed by atoms with Crippen LogP contribution in [0.25, 0.3) is 10.7 Å². The number of aryl methyl sites for hydroxylation is 2. The Labute approximate surface area is 141 Å². The average Bonchev–Trinajstić information content (AvgIpc) is 3.03. The summed E-state index contributed by atoms with van der Waals surface area (Å²) in [6.07, 6.45) is 1.54. The van der Waals surface area contributed by atoms with Crippen molar-refractivity contribution in [2.45, 2.75) is 13.8 Å². The van der Waals surface area contributed by atoms with E-state index in [1.165, 1.54) is 11.3 Å². The summed E-state index contributed by atoms with van der Waals surface area (Å²) in [5.41, 5.74) is 2.13. The van der Waals surface area contributed by atoms with Gasteiger partial charge in [0, 0.05) is 18.9 Å². The van der Waals surface area contributed by atoms with Crippen LogP contribution in [-0.4, -0.2) is 30.6 Å². The van der Waals surface area contributed by atoms with Crippen molar-refractivity contribution < 1.29 is 4.79 Å². The van der Waals surface area contributed by atoms with Gasteiger partial charge in [-0.15, -0.1) is 0 Å². The highest BCUT2D eigenvalue weighted by atomic mass is 32.1. The normalized spacial score (nSPS) is 10.7. The smallest absolute Gasteiger partial charge is 0.259 e. The van der Waals surface area contributed by atoms with Crippen LogP contribution in [-0.2, 0) is 7.05 Å². The maximum atomic E-state index is 12.2. The van der Waals surface area contributed by atoms with Crippen molar-refractivity contribution in [3.05, 3.63) is 40.1 Å². The Balaban J connectivity index is 1.86. The topological polar surface area (TPSA) is 88.5 Å². The van der Waals surface area contributed by atoms with E-state index in [0.717, 1.165) is 16.3 Å². The van der Waals surface area contributed by atoms with Crippen LogP contribution < -0.4 is 5.32 Å². The summed E-state index contributed by atoms with van der Waals surface area (Å²) < 4.78 is 2.30. The number of carbonyl (C=O) groups is 1. The van der Waals surface area contributed by atoms with E-state index < -0.39 is 0 Å². The first-order valence-electron chi connectivity index (χ1n) is 6.79. The molecule has 9 heteroatoms. The predicted octanol–water partition coefficient (Wildman–Crippen LogP) is 2.87. The third kappa shape index (κ3) is 3.06. The van der Waals surface area contributed by atoms with Crippen molar-refractivity contribution in [1.29, 1.82) is 0 Å². The lowest BCUT2D eigenvalue weighted by atomic mass is 10.2. The zero-order valence-electron chi connectivity index (χ0n) is 12.7. The molecule has 118 valence electrons. The largest absolute Gasteiger partial charge is 0.303 e. The number of pyridine rings is 1. The van der Waals surface area contributed by atoms with E-state index in [1.807, 2.05) is 20.9 Å². The van der Waals surface area contributed by atoms with Crippen molar-refractivity contribution in [3.8, 4) is 10.7 Å². The molecular formula is C14H14N6OS2. The summed E-state index contributed by atoms with van der Waals surface area (Å²) >= 11 is 6.47. The summed E-state index contributed by atoms with van der Waals surface area (Å²) in [7, 11) is 1.83. The highest BCUT2D eigenvalue weighted by Crippen LogP contribution is 2.31. The van der Waals surface area contributed by atoms with Crippen LogP contribution in [0.15, 0.2) is 18.3 Å². The Morgan fingerprint density at radius 2 is 2.17 bits per heavy atom. The van der Waals surface area contributed by atoms with Gasteiger partial charge in [-0.2, -0.15) is 5.10 Å². The molecule has 0 fully saturated rings. The first kappa shape index (κ1) is 15.5. The average molecular weight is 346 g/mol. The lowest BCUT2D eigenvalue weighted by Gasteiger charge is -2.01. The molecule has 0 spiro atoms. The second-order valence-electron chi connectivity index (χ2n) is 4.99. The van der Waals surface area contributed by atoms with E-state index >= 15 is 0 Å². The maximum absolute atomic E-state index is 12.2. The number of nitrogens with one attached hydrogen (secondary N) is 2. The third-order valence-electron chi connectivity index (χ3n) is 3.27. The minimum atomic E-state index is -0.242. The third-order valence-corrected chi connectivity index (χ3v) is 4.71. The van der Waals surface area contributed by atoms with Gasteiger partial charge in [0.05, 0.1) is 16.1 Å². The van der Waals surface area contributed by atoms with Gasteiger partial charge in [-0.25, -0.2) is 4.98 Å². The molecule has 3 rings (SSSR count). The van der Waals surface area contributed by atoms with Gasteiger partial charge < -0.3 is 4.57 Å². The second kappa shape index (κ2) is 6.01. The number of amides is 1. The van der Waals surface area contributed by atoms with E-state index in [9.17, 15) is 4.79 Å². The lowest BCUT2D eigenvalue weighted by Crippen LogP contribution is -2.12. The number of aromatic nitrogens is 5. The number of nitrogens with zero attached hydrogens (tertiary/aromatic N) is 4. The highest BCUT2D eigenvalue weighted by Gasteiger charge is 2.16. The number of carbonyl (C=O) groups excluding carboxylic acids is 1. The van der Waals surface area contributed by atoms with Crippen LogP contribution in [0.2, 0.25) is 0 Å². The molecule has 0 aliphatic heterocycles. The van der Waals surface area contributed by atoms with Crippen LogP contribution in [0.5, 0.6) is 0 Å². The van der Waals surface area contributed by atoms with E-state index in [2.05, 4.69) is 25.5 Å². The van der Waals surface area contributed by atoms with E-state index in [-0.39, 0.29) is 5.91 Å². The molecule has 0 atom stereocenters. The van der Waals surface area contributed by atoms with Gasteiger partial charge in [0.25, 0.3) is 5.91 Å². The summed E-state index contributed by atoms with van der Waals surface area (Å²) in [6, 6.07) is 3.53. The Kier molecular flexibility index (Phi) is 4.05. The highest BCUT2D eigenvalue weighted by molar-refractivity contribution is 7.71. The fourth-order valence-electron chi connectivity index (χ4n) is 1.98. The fraction of sp³-hybridized carbons (Fsp3) is 0.214. The molecule has 0 saturated heterocycles. The molecule has 2 N–H and O–H groups in total. The van der Waals surface area contributed by atoms with Gasteiger partial charge in [0.1, 0.15) is 0 Å². The molecule has 0 aliphatic carbocycles. The predicted molar refractivity (Wildman–Crippen MR) is 91.2 cm³/mol. The maximum Gasteiger partial charge on any atom is 0.259 e. The van der Waals surface area contributed by atoms with Gasteiger partial charge in [-0.1, -0.05) is 11.3 Å². The Morgan fingerprint density at radius 3 is 2.78 bits per heavy atom. The molecule has 0 bridgehead atoms. The van der Waals surface area contributed by atoms with Gasteiger partial charge in [-0.05, 0) is 38.2 Å².